The summed E-state index contributed by atoms with van der Waals surface area (Å²) in [5, 5.41) is 28.6. The van der Waals surface area contributed by atoms with Crippen LogP contribution in [0.25, 0.3) is 6.08 Å². The molecule has 1 aromatic heterocycles. The van der Waals surface area contributed by atoms with Crippen molar-refractivity contribution >= 4 is 12.5 Å². The van der Waals surface area contributed by atoms with E-state index in [4.69, 9.17) is 9.84 Å². The van der Waals surface area contributed by atoms with Crippen LogP contribution in [0.3, 0.4) is 0 Å². The number of nitrogens with zero attached hydrogens (tertiary/aromatic N) is 1. The fraction of sp³-hybridized carbons (Fsp3) is 0.417. The normalized spacial score (nSPS) is 28.1. The first-order valence-electron chi connectivity index (χ1n) is 6.23. The van der Waals surface area contributed by atoms with Crippen LogP contribution in [0.2, 0.25) is 0 Å². The standard InChI is InChI=1S/C12H14N2O8/c15-4-7-8(17)9(18)11(22-7)14-3-6(1-2-21-5-16)10(19)13-12(14)20/h1-3,5,7-9,11,15,17-18H,4H2,(H,13,19,20)/t7-,8-,9-,11-/m1/s1. The summed E-state index contributed by atoms with van der Waals surface area (Å²) in [4.78, 5) is 35.5. The van der Waals surface area contributed by atoms with Crippen LogP contribution in [0.1, 0.15) is 11.8 Å². The predicted octanol–water partition coefficient (Wildman–Crippen LogP) is -2.71. The molecule has 0 saturated carbocycles. The van der Waals surface area contributed by atoms with Gasteiger partial charge in [-0.2, -0.15) is 0 Å². The van der Waals surface area contributed by atoms with Gasteiger partial charge in [-0.1, -0.05) is 0 Å². The first-order chi connectivity index (χ1) is 10.5. The van der Waals surface area contributed by atoms with Crippen molar-refractivity contribution < 1.29 is 29.6 Å². The van der Waals surface area contributed by atoms with E-state index in [1.807, 2.05) is 4.98 Å². The van der Waals surface area contributed by atoms with Gasteiger partial charge in [-0.25, -0.2) is 4.79 Å². The lowest BCUT2D eigenvalue weighted by molar-refractivity contribution is -0.123. The van der Waals surface area contributed by atoms with E-state index in [-0.39, 0.29) is 12.0 Å². The summed E-state index contributed by atoms with van der Waals surface area (Å²) in [7, 11) is 0. The smallest absolute Gasteiger partial charge is 0.330 e. The number of carbonyl (C=O) groups is 1. The number of hydrogen-bond donors (Lipinski definition) is 4. The lowest BCUT2D eigenvalue weighted by Gasteiger charge is -2.17. The highest BCUT2D eigenvalue weighted by Gasteiger charge is 2.43. The molecule has 1 aliphatic heterocycles. The molecule has 1 aromatic rings. The number of aliphatic hydroxyl groups is 3. The van der Waals surface area contributed by atoms with Crippen molar-refractivity contribution in [2.75, 3.05) is 6.61 Å². The largest absolute Gasteiger partial charge is 0.437 e. The first-order valence-corrected chi connectivity index (χ1v) is 6.23. The third kappa shape index (κ3) is 2.99. The molecule has 1 aliphatic rings. The quantitative estimate of drug-likeness (QED) is 0.338. The Morgan fingerprint density at radius 3 is 2.68 bits per heavy atom. The highest BCUT2D eigenvalue weighted by Crippen LogP contribution is 2.27. The topological polar surface area (TPSA) is 151 Å². The van der Waals surface area contributed by atoms with Crippen LogP contribution in [0.5, 0.6) is 0 Å². The summed E-state index contributed by atoms with van der Waals surface area (Å²) in [5.41, 5.74) is -1.65. The molecule has 10 heteroatoms. The Kier molecular flexibility index (Phi) is 4.88. The van der Waals surface area contributed by atoms with Gasteiger partial charge in [-0.05, 0) is 6.08 Å². The first kappa shape index (κ1) is 16.1. The molecule has 2 rings (SSSR count). The van der Waals surface area contributed by atoms with Crippen LogP contribution in [0.15, 0.2) is 22.0 Å². The maximum atomic E-state index is 11.8. The zero-order valence-corrected chi connectivity index (χ0v) is 11.2. The minimum absolute atomic E-state index is 0.0424. The zero-order chi connectivity index (χ0) is 16.3. The molecule has 1 fully saturated rings. The van der Waals surface area contributed by atoms with Crippen LogP contribution >= 0.6 is 0 Å². The van der Waals surface area contributed by atoms with E-state index >= 15 is 0 Å². The number of aliphatic hydroxyl groups excluding tert-OH is 3. The van der Waals surface area contributed by atoms with E-state index in [2.05, 4.69) is 4.74 Å². The minimum Gasteiger partial charge on any atom is -0.437 e. The number of aromatic nitrogens is 2. The fourth-order valence-electron chi connectivity index (χ4n) is 2.06. The maximum absolute atomic E-state index is 11.8. The Morgan fingerprint density at radius 2 is 2.09 bits per heavy atom. The van der Waals surface area contributed by atoms with Gasteiger partial charge in [0.2, 0.25) is 0 Å². The Labute approximate surface area is 122 Å². The van der Waals surface area contributed by atoms with Crippen LogP contribution in [0.4, 0.5) is 0 Å². The van der Waals surface area contributed by atoms with E-state index in [0.717, 1.165) is 23.1 Å². The molecular formula is C12H14N2O8. The molecule has 10 nitrogen and oxygen atoms in total. The Bertz CT molecular complexity index is 678. The van der Waals surface area contributed by atoms with Crippen molar-refractivity contribution in [3.63, 3.8) is 0 Å². The van der Waals surface area contributed by atoms with Gasteiger partial charge in [0.1, 0.15) is 18.3 Å². The number of H-pyrrole nitrogens is 1. The molecule has 0 spiro atoms. The summed E-state index contributed by atoms with van der Waals surface area (Å²) >= 11 is 0. The fourth-order valence-corrected chi connectivity index (χ4v) is 2.06. The van der Waals surface area contributed by atoms with Gasteiger partial charge < -0.3 is 24.8 Å². The number of ether oxygens (including phenoxy) is 2. The highest BCUT2D eigenvalue weighted by molar-refractivity contribution is 5.48. The average Bonchev–Trinajstić information content (AvgIpc) is 2.77. The molecule has 0 amide bonds. The molecule has 0 unspecified atom stereocenters. The molecule has 4 N–H and O–H groups in total. The summed E-state index contributed by atoms with van der Waals surface area (Å²) < 4.78 is 10.4. The summed E-state index contributed by atoms with van der Waals surface area (Å²) in [5.74, 6) is 0. The van der Waals surface area contributed by atoms with E-state index < -0.39 is 42.4 Å². The number of nitrogens with one attached hydrogen (secondary N) is 1. The number of hydrogen-bond acceptors (Lipinski definition) is 8. The molecule has 4 atom stereocenters. The average molecular weight is 314 g/mol. The van der Waals surface area contributed by atoms with Crippen LogP contribution < -0.4 is 11.2 Å². The Hall–Kier alpha value is -2.27. The van der Waals surface area contributed by atoms with Crippen molar-refractivity contribution in [3.8, 4) is 0 Å². The van der Waals surface area contributed by atoms with Crippen molar-refractivity contribution in [1.82, 2.24) is 9.55 Å². The SMILES string of the molecule is O=COC=Cc1cn([C@@H]2O[C@H](CO)[C@@H](O)[C@H]2O)c(=O)[nH]c1=O. The van der Waals surface area contributed by atoms with Gasteiger partial charge in [-0.3, -0.25) is 19.1 Å². The molecule has 120 valence electrons. The summed E-state index contributed by atoms with van der Waals surface area (Å²) in [6.07, 6.45) is -2.05. The van der Waals surface area contributed by atoms with Gasteiger partial charge >= 0.3 is 5.69 Å². The molecule has 0 aromatic carbocycles. The molecule has 0 bridgehead atoms. The second-order valence-corrected chi connectivity index (χ2v) is 4.51. The van der Waals surface area contributed by atoms with E-state index in [1.54, 1.807) is 0 Å². The molecular weight excluding hydrogens is 300 g/mol. The van der Waals surface area contributed by atoms with Crippen LogP contribution in [0, 0.1) is 0 Å². The van der Waals surface area contributed by atoms with E-state index in [0.29, 0.717) is 0 Å². The Morgan fingerprint density at radius 1 is 1.36 bits per heavy atom. The van der Waals surface area contributed by atoms with Gasteiger partial charge in [0, 0.05) is 6.20 Å². The number of carbonyl (C=O) groups excluding carboxylic acids is 1. The molecule has 2 heterocycles. The lowest BCUT2D eigenvalue weighted by atomic mass is 10.1. The van der Waals surface area contributed by atoms with Gasteiger partial charge in [-0.15, -0.1) is 0 Å². The molecule has 1 saturated heterocycles. The monoisotopic (exact) mass is 314 g/mol. The predicted molar refractivity (Wildman–Crippen MR) is 70.5 cm³/mol. The Balaban J connectivity index is 2.39. The summed E-state index contributed by atoms with van der Waals surface area (Å²) in [6.45, 7) is -0.403. The van der Waals surface area contributed by atoms with E-state index in [9.17, 15) is 24.6 Å². The van der Waals surface area contributed by atoms with Gasteiger partial charge in [0.15, 0.2) is 6.23 Å². The van der Waals surface area contributed by atoms with Crippen molar-refractivity contribution in [2.45, 2.75) is 24.5 Å². The minimum atomic E-state index is -1.47. The van der Waals surface area contributed by atoms with E-state index in [1.165, 1.54) is 0 Å². The summed E-state index contributed by atoms with van der Waals surface area (Å²) in [6, 6.07) is 0. The third-order valence-electron chi connectivity index (χ3n) is 3.17. The zero-order valence-electron chi connectivity index (χ0n) is 11.2. The maximum Gasteiger partial charge on any atom is 0.330 e. The van der Waals surface area contributed by atoms with Crippen molar-refractivity contribution in [2.24, 2.45) is 0 Å². The van der Waals surface area contributed by atoms with Crippen molar-refractivity contribution in [1.29, 1.82) is 0 Å². The van der Waals surface area contributed by atoms with Crippen LogP contribution in [-0.4, -0.2) is 56.3 Å². The molecule has 0 radical (unpaired) electrons. The second kappa shape index (κ2) is 6.66. The second-order valence-electron chi connectivity index (χ2n) is 4.51. The van der Waals surface area contributed by atoms with Gasteiger partial charge in [0.25, 0.3) is 12.0 Å². The third-order valence-corrected chi connectivity index (χ3v) is 3.17. The lowest BCUT2D eigenvalue weighted by Crippen LogP contribution is -2.38. The van der Waals surface area contributed by atoms with Gasteiger partial charge in [0.05, 0.1) is 18.4 Å². The van der Waals surface area contributed by atoms with Crippen molar-refractivity contribution in [3.05, 3.63) is 38.9 Å². The highest BCUT2D eigenvalue weighted by atomic mass is 16.6. The molecule has 22 heavy (non-hydrogen) atoms. The number of aromatic amines is 1. The number of rotatable bonds is 5. The molecule has 0 aliphatic carbocycles. The van der Waals surface area contributed by atoms with Crippen LogP contribution in [-0.2, 0) is 14.3 Å².